The molecule has 2 rings (SSSR count). The van der Waals surface area contributed by atoms with Gasteiger partial charge in [-0.1, -0.05) is 19.9 Å². The van der Waals surface area contributed by atoms with E-state index in [9.17, 15) is 9.59 Å². The smallest absolute Gasteiger partial charge is 0.327 e. The van der Waals surface area contributed by atoms with Gasteiger partial charge in [-0.15, -0.1) is 23.1 Å². The minimum absolute atomic E-state index is 0.0810. The number of carboxylic acids is 1. The van der Waals surface area contributed by atoms with Crippen molar-refractivity contribution < 1.29 is 14.7 Å². The Morgan fingerprint density at radius 2 is 2.25 bits per heavy atom. The first-order chi connectivity index (χ1) is 9.50. The molecule has 1 aliphatic rings. The Bertz CT molecular complexity index is 476. The van der Waals surface area contributed by atoms with Crippen LogP contribution in [0.15, 0.2) is 17.5 Å². The molecule has 0 aromatic carbocycles. The molecule has 2 atom stereocenters. The van der Waals surface area contributed by atoms with E-state index in [0.717, 1.165) is 4.88 Å². The van der Waals surface area contributed by atoms with Gasteiger partial charge in [0.25, 0.3) is 0 Å². The van der Waals surface area contributed by atoms with Crippen LogP contribution in [-0.4, -0.2) is 39.7 Å². The molecule has 1 fully saturated rings. The molecule has 0 saturated carbocycles. The summed E-state index contributed by atoms with van der Waals surface area (Å²) in [5.74, 6) is 0.185. The van der Waals surface area contributed by atoms with Crippen LogP contribution in [-0.2, 0) is 4.79 Å². The Kier molecular flexibility index (Phi) is 4.93. The van der Waals surface area contributed by atoms with Gasteiger partial charge in [0.2, 0.25) is 0 Å². The molecule has 1 saturated heterocycles. The number of urea groups is 1. The number of carbonyl (C=O) groups is 2. The van der Waals surface area contributed by atoms with Gasteiger partial charge in [-0.25, -0.2) is 9.59 Å². The minimum Gasteiger partial charge on any atom is -0.480 e. The summed E-state index contributed by atoms with van der Waals surface area (Å²) in [5.41, 5.74) is 0. The van der Waals surface area contributed by atoms with Gasteiger partial charge in [0.05, 0.1) is 11.9 Å². The van der Waals surface area contributed by atoms with E-state index in [1.807, 2.05) is 31.4 Å². The zero-order chi connectivity index (χ0) is 14.7. The zero-order valence-electron chi connectivity index (χ0n) is 11.4. The van der Waals surface area contributed by atoms with Gasteiger partial charge in [-0.05, 0) is 17.4 Å². The Hall–Kier alpha value is -1.21. The summed E-state index contributed by atoms with van der Waals surface area (Å²) >= 11 is 3.06. The van der Waals surface area contributed by atoms with Crippen molar-refractivity contribution in [2.75, 3.05) is 11.6 Å². The lowest BCUT2D eigenvalue weighted by molar-refractivity contribution is -0.140. The van der Waals surface area contributed by atoms with Crippen molar-refractivity contribution >= 4 is 35.1 Å². The number of carboxylic acid groups (broad SMARTS) is 1. The third-order valence-electron chi connectivity index (χ3n) is 3.22. The zero-order valence-corrected chi connectivity index (χ0v) is 13.0. The van der Waals surface area contributed by atoms with Gasteiger partial charge < -0.3 is 15.3 Å². The fourth-order valence-corrected chi connectivity index (χ4v) is 4.19. The maximum Gasteiger partial charge on any atom is 0.327 e. The number of amides is 2. The van der Waals surface area contributed by atoms with Crippen molar-refractivity contribution in [3.8, 4) is 0 Å². The molecular weight excluding hydrogens is 296 g/mol. The van der Waals surface area contributed by atoms with E-state index in [4.69, 9.17) is 5.11 Å². The normalized spacial score (nSPS) is 20.1. The van der Waals surface area contributed by atoms with Crippen LogP contribution in [0.2, 0.25) is 0 Å². The summed E-state index contributed by atoms with van der Waals surface area (Å²) in [7, 11) is 0. The number of hydrogen-bond acceptors (Lipinski definition) is 4. The van der Waals surface area contributed by atoms with Gasteiger partial charge in [0.1, 0.15) is 6.04 Å². The van der Waals surface area contributed by atoms with Gasteiger partial charge in [0.15, 0.2) is 0 Å². The van der Waals surface area contributed by atoms with E-state index in [2.05, 4.69) is 5.32 Å². The molecule has 0 radical (unpaired) electrons. The van der Waals surface area contributed by atoms with E-state index in [1.165, 1.54) is 16.7 Å². The van der Waals surface area contributed by atoms with Crippen LogP contribution in [0.5, 0.6) is 0 Å². The van der Waals surface area contributed by atoms with E-state index in [-0.39, 0.29) is 18.0 Å². The number of carbonyl (C=O) groups excluding carboxylic acids is 1. The standard InChI is InChI=1S/C13H18N2O3S2/c1-8(2)11(10-4-3-5-20-10)14-13(18)15-7-19-6-9(15)12(16)17/h3-5,8-9,11H,6-7H2,1-2H3,(H,14,18)(H,16,17). The highest BCUT2D eigenvalue weighted by atomic mass is 32.2. The third kappa shape index (κ3) is 3.27. The van der Waals surface area contributed by atoms with Crippen molar-refractivity contribution in [1.82, 2.24) is 10.2 Å². The van der Waals surface area contributed by atoms with Crippen LogP contribution >= 0.6 is 23.1 Å². The molecule has 110 valence electrons. The molecule has 7 heteroatoms. The number of thioether (sulfide) groups is 1. The van der Waals surface area contributed by atoms with Gasteiger partial charge in [-0.3, -0.25) is 0 Å². The van der Waals surface area contributed by atoms with E-state index >= 15 is 0 Å². The molecule has 2 heterocycles. The van der Waals surface area contributed by atoms with Crippen molar-refractivity contribution in [3.63, 3.8) is 0 Å². The molecule has 1 aliphatic heterocycles. The molecule has 0 bridgehead atoms. The first-order valence-electron chi connectivity index (χ1n) is 6.41. The first-order valence-corrected chi connectivity index (χ1v) is 8.45. The summed E-state index contributed by atoms with van der Waals surface area (Å²) in [6.07, 6.45) is 0. The van der Waals surface area contributed by atoms with E-state index < -0.39 is 12.0 Å². The molecular formula is C13H18N2O3S2. The molecule has 20 heavy (non-hydrogen) atoms. The van der Waals surface area contributed by atoms with E-state index in [0.29, 0.717) is 11.6 Å². The van der Waals surface area contributed by atoms with Crippen LogP contribution in [0, 0.1) is 5.92 Å². The molecule has 2 amide bonds. The SMILES string of the molecule is CC(C)C(NC(=O)N1CSCC1C(=O)O)c1cccs1. The van der Waals surface area contributed by atoms with Crippen LogP contribution in [0.3, 0.4) is 0 Å². The van der Waals surface area contributed by atoms with Gasteiger partial charge in [0, 0.05) is 10.6 Å². The van der Waals surface area contributed by atoms with Crippen LogP contribution in [0.25, 0.3) is 0 Å². The van der Waals surface area contributed by atoms with E-state index in [1.54, 1.807) is 11.3 Å². The number of thiophene rings is 1. The summed E-state index contributed by atoms with van der Waals surface area (Å²) < 4.78 is 0. The number of rotatable bonds is 4. The van der Waals surface area contributed by atoms with Crippen LogP contribution in [0.1, 0.15) is 24.8 Å². The highest BCUT2D eigenvalue weighted by Crippen LogP contribution is 2.27. The maximum atomic E-state index is 12.3. The maximum absolute atomic E-state index is 12.3. The molecule has 1 aromatic rings. The fraction of sp³-hybridized carbons (Fsp3) is 0.538. The summed E-state index contributed by atoms with van der Waals surface area (Å²) in [5, 5.41) is 14.1. The average molecular weight is 314 g/mol. The lowest BCUT2D eigenvalue weighted by atomic mass is 10.0. The largest absolute Gasteiger partial charge is 0.480 e. The first kappa shape index (κ1) is 15.2. The lowest BCUT2D eigenvalue weighted by Crippen LogP contribution is -2.48. The molecule has 2 unspecified atom stereocenters. The highest BCUT2D eigenvalue weighted by Gasteiger charge is 2.35. The lowest BCUT2D eigenvalue weighted by Gasteiger charge is -2.26. The Balaban J connectivity index is 2.07. The molecule has 1 aromatic heterocycles. The average Bonchev–Trinajstić information content (AvgIpc) is 3.05. The predicted octanol–water partition coefficient (Wildman–Crippen LogP) is 2.61. The quantitative estimate of drug-likeness (QED) is 0.896. The van der Waals surface area contributed by atoms with Crippen molar-refractivity contribution in [1.29, 1.82) is 0 Å². The third-order valence-corrected chi connectivity index (χ3v) is 5.19. The van der Waals surface area contributed by atoms with Crippen LogP contribution in [0.4, 0.5) is 4.79 Å². The topological polar surface area (TPSA) is 69.6 Å². The van der Waals surface area contributed by atoms with Gasteiger partial charge >= 0.3 is 12.0 Å². The summed E-state index contributed by atoms with van der Waals surface area (Å²) in [6.45, 7) is 4.08. The molecule has 2 N–H and O–H groups in total. The molecule has 0 spiro atoms. The van der Waals surface area contributed by atoms with Crippen LogP contribution < -0.4 is 5.32 Å². The summed E-state index contributed by atoms with van der Waals surface area (Å²) in [6, 6.07) is 2.84. The number of hydrogen-bond donors (Lipinski definition) is 2. The number of nitrogens with one attached hydrogen (secondary N) is 1. The van der Waals surface area contributed by atoms with Crippen molar-refractivity contribution in [2.45, 2.75) is 25.9 Å². The minimum atomic E-state index is -0.942. The Morgan fingerprint density at radius 1 is 1.50 bits per heavy atom. The van der Waals surface area contributed by atoms with Crippen molar-refractivity contribution in [2.24, 2.45) is 5.92 Å². The number of nitrogens with zero attached hydrogens (tertiary/aromatic N) is 1. The second kappa shape index (κ2) is 6.49. The number of aliphatic carboxylic acids is 1. The highest BCUT2D eigenvalue weighted by molar-refractivity contribution is 7.99. The predicted molar refractivity (Wildman–Crippen MR) is 81.0 cm³/mol. The molecule has 5 nitrogen and oxygen atoms in total. The monoisotopic (exact) mass is 314 g/mol. The fourth-order valence-electron chi connectivity index (χ4n) is 2.10. The second-order valence-electron chi connectivity index (χ2n) is 5.01. The van der Waals surface area contributed by atoms with Crippen molar-refractivity contribution in [3.05, 3.63) is 22.4 Å². The van der Waals surface area contributed by atoms with Gasteiger partial charge in [-0.2, -0.15) is 0 Å². The second-order valence-corrected chi connectivity index (χ2v) is 6.99. The Labute approximate surface area is 126 Å². The summed E-state index contributed by atoms with van der Waals surface area (Å²) in [4.78, 5) is 25.9. The molecule has 0 aliphatic carbocycles. The Morgan fingerprint density at radius 3 is 2.80 bits per heavy atom.